The molecule has 6 aromatic rings. The zero-order chi connectivity index (χ0) is 34.4. The Morgan fingerprint density at radius 3 is 2.74 bits per heavy atom. The molecule has 12 heteroatoms. The summed E-state index contributed by atoms with van der Waals surface area (Å²) in [7, 11) is 1.87. The topological polar surface area (TPSA) is 91.6 Å². The molecule has 0 saturated heterocycles. The fourth-order valence-corrected chi connectivity index (χ4v) is 7.48. The Balaban J connectivity index is 1.43. The van der Waals surface area contributed by atoms with E-state index >= 15 is 4.39 Å². The summed E-state index contributed by atoms with van der Waals surface area (Å²) in [5.74, 6) is -1.13. The van der Waals surface area contributed by atoms with E-state index in [1.54, 1.807) is 15.8 Å². The molecular formula is C38H31F2N5O4S. The molecule has 2 bridgehead atoms. The summed E-state index contributed by atoms with van der Waals surface area (Å²) >= 11 is 1.41. The second-order valence-corrected chi connectivity index (χ2v) is 12.9. The molecule has 0 aliphatic carbocycles. The number of hydrogen-bond donors (Lipinski definition) is 0. The fourth-order valence-electron chi connectivity index (χ4n) is 6.53. The van der Waals surface area contributed by atoms with Gasteiger partial charge in [0.25, 0.3) is 0 Å². The molecule has 0 N–H and O–H groups in total. The second kappa shape index (κ2) is 13.1. The van der Waals surface area contributed by atoms with E-state index < -0.39 is 11.6 Å². The molecular weight excluding hydrogens is 661 g/mol. The van der Waals surface area contributed by atoms with Crippen molar-refractivity contribution in [1.29, 1.82) is 0 Å². The standard InChI is InChI=1S/C38H31F2N5O4S/c1-3-33(46)45-10-8-22-6-7-28(42-29(22)21-45)37-35-34-27(40)17-24(39)18-32(34)49-14-13-47-11-4-5-12-48-31-19-30-23(20-41-44(30)2)16-26(31)36(43-37)25-9-15-50-38(25)35/h3-7,9,15-20H,1,8,10-14,21H2,2H3/b5-4+. The first-order valence-electron chi connectivity index (χ1n) is 16.1. The van der Waals surface area contributed by atoms with Crippen LogP contribution in [-0.2, 0) is 29.5 Å². The van der Waals surface area contributed by atoms with Crippen LogP contribution < -0.4 is 9.47 Å². The van der Waals surface area contributed by atoms with Gasteiger partial charge in [0, 0.05) is 58.4 Å². The van der Waals surface area contributed by atoms with E-state index in [1.165, 1.54) is 23.5 Å². The number of pyridine rings is 2. The van der Waals surface area contributed by atoms with Crippen molar-refractivity contribution in [2.75, 3.05) is 33.0 Å². The highest BCUT2D eigenvalue weighted by Crippen LogP contribution is 2.48. The van der Waals surface area contributed by atoms with Crippen LogP contribution in [0.3, 0.4) is 0 Å². The molecule has 1 amide bonds. The minimum Gasteiger partial charge on any atom is -0.490 e. The first kappa shape index (κ1) is 31.8. The molecule has 4 aromatic heterocycles. The lowest BCUT2D eigenvalue weighted by Gasteiger charge is -2.27. The molecule has 0 fully saturated rings. The number of aryl methyl sites for hydroxylation is 1. The molecule has 0 radical (unpaired) electrons. The highest BCUT2D eigenvalue weighted by Gasteiger charge is 2.28. The van der Waals surface area contributed by atoms with E-state index in [-0.39, 0.29) is 37.0 Å². The monoisotopic (exact) mass is 691 g/mol. The van der Waals surface area contributed by atoms with E-state index in [1.807, 2.05) is 54.9 Å². The molecule has 0 spiro atoms. The van der Waals surface area contributed by atoms with Gasteiger partial charge < -0.3 is 19.1 Å². The van der Waals surface area contributed by atoms with E-state index in [9.17, 15) is 9.18 Å². The number of rotatable bonds is 2. The number of hydrogen-bond acceptors (Lipinski definition) is 8. The lowest BCUT2D eigenvalue weighted by atomic mass is 9.95. The quantitative estimate of drug-likeness (QED) is 0.139. The van der Waals surface area contributed by atoms with Gasteiger partial charge in [-0.25, -0.2) is 18.7 Å². The van der Waals surface area contributed by atoms with Gasteiger partial charge in [-0.2, -0.15) is 5.10 Å². The SMILES string of the molecule is C=CC(=O)N1CCc2ccc(-c3nc4c5ccsc5c3-c3c(F)cc(F)cc3OCCOC/C=C/COc3cc5c(cnn5C)cc3-4)nc2C1. The van der Waals surface area contributed by atoms with Crippen LogP contribution >= 0.6 is 11.3 Å². The van der Waals surface area contributed by atoms with Gasteiger partial charge in [0.05, 0.1) is 59.8 Å². The molecule has 0 saturated carbocycles. The van der Waals surface area contributed by atoms with Crippen LogP contribution in [0.1, 0.15) is 11.3 Å². The third-order valence-electron chi connectivity index (χ3n) is 8.97. The lowest BCUT2D eigenvalue weighted by Crippen LogP contribution is -2.35. The third-order valence-corrected chi connectivity index (χ3v) is 9.90. The maximum absolute atomic E-state index is 16.2. The summed E-state index contributed by atoms with van der Waals surface area (Å²) in [5, 5.41) is 8.01. The van der Waals surface area contributed by atoms with Crippen LogP contribution in [0, 0.1) is 11.6 Å². The minimum atomic E-state index is -0.797. The molecule has 9 nitrogen and oxygen atoms in total. The van der Waals surface area contributed by atoms with Gasteiger partial charge in [0.2, 0.25) is 5.91 Å². The molecule has 0 unspecified atom stereocenters. The molecule has 6 heterocycles. The van der Waals surface area contributed by atoms with Crippen LogP contribution in [0.2, 0.25) is 0 Å². The Labute approximate surface area is 290 Å². The molecule has 8 rings (SSSR count). The van der Waals surface area contributed by atoms with Gasteiger partial charge in [-0.05, 0) is 47.7 Å². The number of nitrogens with zero attached hydrogens (tertiary/aromatic N) is 5. The first-order valence-corrected chi connectivity index (χ1v) is 17.0. The predicted molar refractivity (Wildman–Crippen MR) is 188 cm³/mol. The van der Waals surface area contributed by atoms with Crippen molar-refractivity contribution in [3.05, 3.63) is 102 Å². The maximum Gasteiger partial charge on any atom is 0.246 e. The zero-order valence-corrected chi connectivity index (χ0v) is 27.9. The largest absolute Gasteiger partial charge is 0.490 e. The number of aromatic nitrogens is 4. The average molecular weight is 692 g/mol. The van der Waals surface area contributed by atoms with E-state index in [0.717, 1.165) is 27.9 Å². The van der Waals surface area contributed by atoms with Gasteiger partial charge >= 0.3 is 0 Å². The van der Waals surface area contributed by atoms with E-state index in [2.05, 4.69) is 11.7 Å². The molecule has 0 atom stereocenters. The van der Waals surface area contributed by atoms with Crippen molar-refractivity contribution >= 4 is 38.2 Å². The van der Waals surface area contributed by atoms with Crippen LogP contribution in [-0.4, -0.2) is 63.5 Å². The fraction of sp³-hybridized carbons (Fsp3) is 0.211. The smallest absolute Gasteiger partial charge is 0.246 e. The summed E-state index contributed by atoms with van der Waals surface area (Å²) in [5.41, 5.74) is 5.25. The Morgan fingerprint density at radius 1 is 0.980 bits per heavy atom. The van der Waals surface area contributed by atoms with Crippen molar-refractivity contribution in [3.63, 3.8) is 0 Å². The number of carbonyl (C=O) groups is 1. The molecule has 50 heavy (non-hydrogen) atoms. The first-order chi connectivity index (χ1) is 24.4. The molecule has 2 aliphatic heterocycles. The van der Waals surface area contributed by atoms with Crippen molar-refractivity contribution in [3.8, 4) is 45.3 Å². The zero-order valence-electron chi connectivity index (χ0n) is 27.1. The van der Waals surface area contributed by atoms with Gasteiger partial charge in [0.15, 0.2) is 0 Å². The Hall–Kier alpha value is -5.46. The number of thiophene rings is 1. The number of halogens is 2. The number of benzene rings is 2. The van der Waals surface area contributed by atoms with E-state index in [0.29, 0.717) is 70.5 Å². The maximum atomic E-state index is 16.2. The minimum absolute atomic E-state index is 0.0259. The molecule has 2 aromatic carbocycles. The van der Waals surface area contributed by atoms with Crippen molar-refractivity contribution < 1.29 is 27.8 Å². The summed E-state index contributed by atoms with van der Waals surface area (Å²) in [6.07, 6.45) is 7.43. The van der Waals surface area contributed by atoms with Gasteiger partial charge in [-0.1, -0.05) is 18.7 Å². The third kappa shape index (κ3) is 5.69. The summed E-state index contributed by atoms with van der Waals surface area (Å²) in [4.78, 5) is 24.6. The van der Waals surface area contributed by atoms with Crippen LogP contribution in [0.25, 0.3) is 54.8 Å². The van der Waals surface area contributed by atoms with Crippen LogP contribution in [0.4, 0.5) is 8.78 Å². The highest BCUT2D eigenvalue weighted by molar-refractivity contribution is 7.18. The van der Waals surface area contributed by atoms with Crippen molar-refractivity contribution in [2.45, 2.75) is 13.0 Å². The molecule has 2 aliphatic rings. The number of fused-ring (bicyclic) bond motifs is 6. The van der Waals surface area contributed by atoms with E-state index in [4.69, 9.17) is 24.2 Å². The molecule has 252 valence electrons. The lowest BCUT2D eigenvalue weighted by molar-refractivity contribution is -0.126. The Kier molecular flexibility index (Phi) is 8.33. The van der Waals surface area contributed by atoms with Gasteiger partial charge in [-0.3, -0.25) is 9.48 Å². The Morgan fingerprint density at radius 2 is 1.86 bits per heavy atom. The predicted octanol–water partition coefficient (Wildman–Crippen LogP) is 7.27. The second-order valence-electron chi connectivity index (χ2n) is 12.0. The summed E-state index contributed by atoms with van der Waals surface area (Å²) in [6.45, 7) is 5.32. The average Bonchev–Trinajstić information content (AvgIpc) is 3.76. The normalized spacial score (nSPS) is 15.5. The van der Waals surface area contributed by atoms with Crippen LogP contribution in [0.15, 0.2) is 78.8 Å². The van der Waals surface area contributed by atoms with Gasteiger partial charge in [0.1, 0.15) is 36.3 Å². The van der Waals surface area contributed by atoms with Crippen LogP contribution in [0.5, 0.6) is 11.5 Å². The number of amides is 1. The highest BCUT2D eigenvalue weighted by atomic mass is 32.1. The summed E-state index contributed by atoms with van der Waals surface area (Å²) in [6, 6.07) is 11.8. The Bertz CT molecular complexity index is 2350. The number of ether oxygens (including phenoxy) is 3. The van der Waals surface area contributed by atoms with Crippen molar-refractivity contribution in [2.24, 2.45) is 7.05 Å². The van der Waals surface area contributed by atoms with Gasteiger partial charge in [-0.15, -0.1) is 11.3 Å². The van der Waals surface area contributed by atoms with Crippen molar-refractivity contribution in [1.82, 2.24) is 24.6 Å². The number of carbonyl (C=O) groups excluding carboxylic acids is 1. The summed E-state index contributed by atoms with van der Waals surface area (Å²) < 4.78 is 51.7.